The number of nitrogens with zero attached hydrogens (tertiary/aromatic N) is 2. The lowest BCUT2D eigenvalue weighted by atomic mass is 10.1. The van der Waals surface area contributed by atoms with Crippen LogP contribution in [0.2, 0.25) is 0 Å². The minimum atomic E-state index is -5.08. The molecule has 0 saturated carbocycles. The summed E-state index contributed by atoms with van der Waals surface area (Å²) in [5, 5.41) is 23.8. The maximum atomic E-state index is 11.3. The van der Waals surface area contributed by atoms with Crippen LogP contribution in [0.15, 0.2) is 30.6 Å². The molecule has 10 nitrogen and oxygen atoms in total. The molecule has 0 aliphatic rings. The number of alkyl halides is 6. The zero-order valence-electron chi connectivity index (χ0n) is 18.5. The molecule has 2 rings (SSSR count). The van der Waals surface area contributed by atoms with Crippen molar-refractivity contribution in [3.63, 3.8) is 0 Å². The molecule has 0 bridgehead atoms. The highest BCUT2D eigenvalue weighted by molar-refractivity contribution is 5.91. The molecular formula is C19H22F6N4O6. The molecule has 0 fully saturated rings. The summed E-state index contributed by atoms with van der Waals surface area (Å²) >= 11 is 0. The number of likely N-dealkylation sites (N-methyl/N-ethyl adjacent to an activating group) is 1. The van der Waals surface area contributed by atoms with Crippen LogP contribution in [0.1, 0.15) is 6.92 Å². The van der Waals surface area contributed by atoms with Crippen molar-refractivity contribution in [3.8, 4) is 16.9 Å². The summed E-state index contributed by atoms with van der Waals surface area (Å²) in [6.07, 6.45) is -6.60. The number of aliphatic carboxylic acids is 2. The van der Waals surface area contributed by atoms with E-state index >= 15 is 0 Å². The number of benzene rings is 1. The lowest BCUT2D eigenvalue weighted by molar-refractivity contribution is -0.193. The molecule has 0 spiro atoms. The van der Waals surface area contributed by atoms with E-state index in [0.29, 0.717) is 18.0 Å². The molecule has 0 saturated heterocycles. The van der Waals surface area contributed by atoms with Gasteiger partial charge in [-0.2, -0.15) is 31.4 Å². The summed E-state index contributed by atoms with van der Waals surface area (Å²) in [6.45, 7) is 2.83. The first-order valence-electron chi connectivity index (χ1n) is 9.23. The van der Waals surface area contributed by atoms with Gasteiger partial charge in [0.15, 0.2) is 0 Å². The molecule has 16 heteroatoms. The summed E-state index contributed by atoms with van der Waals surface area (Å²) < 4.78 is 69.3. The van der Waals surface area contributed by atoms with Crippen molar-refractivity contribution in [2.24, 2.45) is 0 Å². The van der Waals surface area contributed by atoms with Gasteiger partial charge in [0.05, 0.1) is 11.9 Å². The van der Waals surface area contributed by atoms with Crippen LogP contribution in [-0.4, -0.2) is 82.8 Å². The molecule has 1 amide bonds. The Morgan fingerprint density at radius 3 is 1.91 bits per heavy atom. The summed E-state index contributed by atoms with van der Waals surface area (Å²) in [5.41, 5.74) is 2.63. The van der Waals surface area contributed by atoms with Crippen LogP contribution in [-0.2, 0) is 14.4 Å². The highest BCUT2D eigenvalue weighted by atomic mass is 19.4. The number of amides is 1. The van der Waals surface area contributed by atoms with E-state index in [0.717, 1.165) is 17.7 Å². The Bertz CT molecular complexity index is 938. The standard InChI is InChI=1S/C15H20N4O2.2C2HF3O2/c1-11(20)18-14-5-4-12(13-9-16-17-10-13)8-15(14)21-7-6-19(2)3;2*3-2(4,5)1(6)7/h4-5,8-10H,6-7H2,1-3H3,(H,16,17)(H,18,20);2*(H,6,7). The van der Waals surface area contributed by atoms with Gasteiger partial charge in [-0.15, -0.1) is 0 Å². The van der Waals surface area contributed by atoms with Crippen molar-refractivity contribution >= 4 is 23.5 Å². The number of carboxylic acids is 2. The average Bonchev–Trinajstić information content (AvgIpc) is 3.23. The van der Waals surface area contributed by atoms with Gasteiger partial charge < -0.3 is 25.2 Å². The van der Waals surface area contributed by atoms with Crippen molar-refractivity contribution in [1.82, 2.24) is 15.1 Å². The monoisotopic (exact) mass is 516 g/mol. The first kappa shape index (κ1) is 31.2. The van der Waals surface area contributed by atoms with Gasteiger partial charge in [0.2, 0.25) is 5.91 Å². The maximum Gasteiger partial charge on any atom is 0.490 e. The number of aromatic amines is 1. The SMILES string of the molecule is CC(=O)Nc1ccc(-c2cn[nH]c2)cc1OCCN(C)C.O=C(O)C(F)(F)F.O=C(O)C(F)(F)F. The number of carbonyl (C=O) groups excluding carboxylic acids is 1. The summed E-state index contributed by atoms with van der Waals surface area (Å²) in [6, 6.07) is 5.68. The number of carboxylic acid groups (broad SMARTS) is 2. The molecule has 35 heavy (non-hydrogen) atoms. The number of H-pyrrole nitrogens is 1. The van der Waals surface area contributed by atoms with Crippen molar-refractivity contribution in [1.29, 1.82) is 0 Å². The molecule has 0 aliphatic heterocycles. The number of anilines is 1. The van der Waals surface area contributed by atoms with E-state index in [2.05, 4.69) is 15.5 Å². The molecular weight excluding hydrogens is 494 g/mol. The first-order chi connectivity index (χ1) is 15.9. The number of rotatable bonds is 6. The number of hydrogen-bond acceptors (Lipinski definition) is 6. The third-order valence-electron chi connectivity index (χ3n) is 3.40. The van der Waals surface area contributed by atoms with Crippen molar-refractivity contribution < 1.29 is 55.7 Å². The maximum absolute atomic E-state index is 11.3. The van der Waals surface area contributed by atoms with Crippen LogP contribution in [0.25, 0.3) is 11.1 Å². The number of aromatic nitrogens is 2. The molecule has 1 aromatic heterocycles. The molecule has 1 aromatic carbocycles. The van der Waals surface area contributed by atoms with Crippen LogP contribution < -0.4 is 10.1 Å². The topological polar surface area (TPSA) is 145 Å². The predicted molar refractivity (Wildman–Crippen MR) is 110 cm³/mol. The van der Waals surface area contributed by atoms with E-state index < -0.39 is 24.3 Å². The van der Waals surface area contributed by atoms with Crippen LogP contribution in [0, 0.1) is 0 Å². The number of nitrogens with one attached hydrogen (secondary N) is 2. The highest BCUT2D eigenvalue weighted by Crippen LogP contribution is 2.30. The van der Waals surface area contributed by atoms with Gasteiger partial charge >= 0.3 is 24.3 Å². The summed E-state index contributed by atoms with van der Waals surface area (Å²) in [5.74, 6) is -4.98. The number of halogens is 6. The Morgan fingerprint density at radius 2 is 1.54 bits per heavy atom. The third kappa shape index (κ3) is 13.5. The Morgan fingerprint density at radius 1 is 1.03 bits per heavy atom. The molecule has 0 aliphatic carbocycles. The molecule has 0 atom stereocenters. The van der Waals surface area contributed by atoms with Crippen LogP contribution in [0.5, 0.6) is 5.75 Å². The van der Waals surface area contributed by atoms with Gasteiger partial charge in [-0.3, -0.25) is 9.89 Å². The van der Waals surface area contributed by atoms with Gasteiger partial charge in [0.25, 0.3) is 0 Å². The lowest BCUT2D eigenvalue weighted by Crippen LogP contribution is -2.21. The quantitative estimate of drug-likeness (QED) is 0.429. The minimum absolute atomic E-state index is 0.122. The summed E-state index contributed by atoms with van der Waals surface area (Å²) in [7, 11) is 3.97. The first-order valence-corrected chi connectivity index (χ1v) is 9.23. The smallest absolute Gasteiger partial charge is 0.490 e. The van der Waals surface area contributed by atoms with Crippen LogP contribution >= 0.6 is 0 Å². The largest absolute Gasteiger partial charge is 0.490 e. The number of ether oxygens (including phenoxy) is 1. The van der Waals surface area contributed by atoms with E-state index in [1.165, 1.54) is 6.92 Å². The molecule has 2 aromatic rings. The van der Waals surface area contributed by atoms with E-state index in [1.54, 1.807) is 6.20 Å². The Hall–Kier alpha value is -3.82. The molecule has 0 radical (unpaired) electrons. The summed E-state index contributed by atoms with van der Waals surface area (Å²) in [4.78, 5) is 31.1. The van der Waals surface area contributed by atoms with Crippen molar-refractivity contribution in [3.05, 3.63) is 30.6 Å². The zero-order valence-corrected chi connectivity index (χ0v) is 18.5. The average molecular weight is 516 g/mol. The minimum Gasteiger partial charge on any atom is -0.490 e. The second kappa shape index (κ2) is 13.8. The number of hydrogen-bond donors (Lipinski definition) is 4. The predicted octanol–water partition coefficient (Wildman–Crippen LogP) is 3.24. The normalized spacial score (nSPS) is 10.9. The van der Waals surface area contributed by atoms with E-state index in [9.17, 15) is 31.1 Å². The molecule has 0 unspecified atom stereocenters. The fourth-order valence-corrected chi connectivity index (χ4v) is 1.86. The Kier molecular flexibility index (Phi) is 12.3. The Labute approximate surface area is 194 Å². The van der Waals surface area contributed by atoms with E-state index in [4.69, 9.17) is 24.5 Å². The molecule has 1 heterocycles. The second-order valence-electron chi connectivity index (χ2n) is 6.64. The van der Waals surface area contributed by atoms with Gasteiger partial charge in [-0.05, 0) is 31.8 Å². The fourth-order valence-electron chi connectivity index (χ4n) is 1.86. The molecule has 196 valence electrons. The van der Waals surface area contributed by atoms with E-state index in [1.807, 2.05) is 43.4 Å². The van der Waals surface area contributed by atoms with Crippen LogP contribution in [0.3, 0.4) is 0 Å². The third-order valence-corrected chi connectivity index (χ3v) is 3.40. The van der Waals surface area contributed by atoms with E-state index in [-0.39, 0.29) is 5.91 Å². The van der Waals surface area contributed by atoms with Crippen molar-refractivity contribution in [2.45, 2.75) is 19.3 Å². The second-order valence-corrected chi connectivity index (χ2v) is 6.64. The molecule has 4 N–H and O–H groups in total. The zero-order chi connectivity index (χ0) is 27.4. The van der Waals surface area contributed by atoms with Crippen LogP contribution in [0.4, 0.5) is 32.0 Å². The van der Waals surface area contributed by atoms with Gasteiger partial charge in [0.1, 0.15) is 12.4 Å². The lowest BCUT2D eigenvalue weighted by Gasteiger charge is -2.15. The Balaban J connectivity index is 0.000000680. The van der Waals surface area contributed by atoms with Gasteiger partial charge in [-0.1, -0.05) is 6.07 Å². The van der Waals surface area contributed by atoms with Gasteiger partial charge in [0, 0.05) is 25.2 Å². The van der Waals surface area contributed by atoms with Gasteiger partial charge in [-0.25, -0.2) is 9.59 Å². The highest BCUT2D eigenvalue weighted by Gasteiger charge is 2.38. The number of carbonyl (C=O) groups is 3. The van der Waals surface area contributed by atoms with Crippen molar-refractivity contribution in [2.75, 3.05) is 32.6 Å². The fraction of sp³-hybridized carbons (Fsp3) is 0.368.